The van der Waals surface area contributed by atoms with E-state index < -0.39 is 0 Å². The van der Waals surface area contributed by atoms with Crippen molar-refractivity contribution in [3.8, 4) is 6.01 Å². The number of rotatable bonds is 4. The summed E-state index contributed by atoms with van der Waals surface area (Å²) in [4.78, 5) is 15.2. The molecule has 2 heterocycles. The van der Waals surface area contributed by atoms with Gasteiger partial charge >= 0.3 is 6.01 Å². The molecule has 1 aromatic rings. The largest absolute Gasteiger partial charge is 0.464 e. The molecule has 0 unspecified atom stereocenters. The zero-order valence-corrected chi connectivity index (χ0v) is 11.1. The zero-order valence-electron chi connectivity index (χ0n) is 11.1. The van der Waals surface area contributed by atoms with Crippen molar-refractivity contribution >= 4 is 11.9 Å². The minimum Gasteiger partial charge on any atom is -0.464 e. The van der Waals surface area contributed by atoms with E-state index in [0.717, 1.165) is 19.0 Å². The van der Waals surface area contributed by atoms with E-state index in [9.17, 15) is 0 Å². The lowest BCUT2D eigenvalue weighted by Gasteiger charge is -2.20. The Hall–Kier alpha value is -1.59. The predicted octanol–water partition coefficient (Wildman–Crippen LogP) is 1.69. The van der Waals surface area contributed by atoms with Gasteiger partial charge in [0, 0.05) is 20.1 Å². The molecular formula is C12H21N5O. The van der Waals surface area contributed by atoms with E-state index in [-0.39, 0.29) is 0 Å². The first kappa shape index (κ1) is 12.9. The van der Waals surface area contributed by atoms with Gasteiger partial charge in [0.05, 0.1) is 6.61 Å². The van der Waals surface area contributed by atoms with Crippen LogP contribution in [0.15, 0.2) is 0 Å². The Morgan fingerprint density at radius 3 is 2.44 bits per heavy atom. The van der Waals surface area contributed by atoms with Gasteiger partial charge in [0.25, 0.3) is 0 Å². The van der Waals surface area contributed by atoms with Crippen molar-refractivity contribution in [1.82, 2.24) is 15.0 Å². The van der Waals surface area contributed by atoms with Gasteiger partial charge in [-0.1, -0.05) is 12.8 Å². The molecule has 0 atom stereocenters. The Labute approximate surface area is 108 Å². The number of anilines is 2. The van der Waals surface area contributed by atoms with Crippen LogP contribution in [0, 0.1) is 0 Å². The van der Waals surface area contributed by atoms with E-state index in [1.54, 1.807) is 7.05 Å². The minimum atomic E-state index is 0.399. The molecule has 1 N–H and O–H groups in total. The summed E-state index contributed by atoms with van der Waals surface area (Å²) in [6, 6.07) is 0.399. The highest BCUT2D eigenvalue weighted by molar-refractivity contribution is 5.38. The highest BCUT2D eigenvalue weighted by atomic mass is 16.5. The first-order chi connectivity index (χ1) is 8.83. The molecule has 1 aliphatic rings. The lowest BCUT2D eigenvalue weighted by molar-refractivity contribution is 0.312. The molecule has 0 amide bonds. The Balaban J connectivity index is 2.21. The molecule has 0 bridgehead atoms. The second kappa shape index (κ2) is 6.37. The molecule has 2 rings (SSSR count). The van der Waals surface area contributed by atoms with Gasteiger partial charge in [-0.3, -0.25) is 0 Å². The smallest absolute Gasteiger partial charge is 0.323 e. The molecule has 1 saturated heterocycles. The topological polar surface area (TPSA) is 63.2 Å². The van der Waals surface area contributed by atoms with E-state index in [4.69, 9.17) is 4.74 Å². The first-order valence-corrected chi connectivity index (χ1v) is 6.65. The van der Waals surface area contributed by atoms with Crippen LogP contribution in [0.4, 0.5) is 11.9 Å². The number of ether oxygens (including phenoxy) is 1. The van der Waals surface area contributed by atoms with Crippen molar-refractivity contribution in [3.05, 3.63) is 0 Å². The van der Waals surface area contributed by atoms with Gasteiger partial charge in [0.1, 0.15) is 0 Å². The third-order valence-electron chi connectivity index (χ3n) is 2.99. The Bertz CT molecular complexity index is 377. The van der Waals surface area contributed by atoms with Crippen molar-refractivity contribution in [2.45, 2.75) is 32.6 Å². The van der Waals surface area contributed by atoms with Crippen LogP contribution >= 0.6 is 0 Å². The number of hydrogen-bond acceptors (Lipinski definition) is 6. The summed E-state index contributed by atoms with van der Waals surface area (Å²) >= 11 is 0. The van der Waals surface area contributed by atoms with E-state index >= 15 is 0 Å². The van der Waals surface area contributed by atoms with Gasteiger partial charge in [-0.25, -0.2) is 0 Å². The summed E-state index contributed by atoms with van der Waals surface area (Å²) in [6.07, 6.45) is 4.98. The van der Waals surface area contributed by atoms with Crippen LogP contribution in [0.1, 0.15) is 32.6 Å². The van der Waals surface area contributed by atoms with Crippen LogP contribution < -0.4 is 15.0 Å². The molecule has 6 heteroatoms. The average Bonchev–Trinajstić information content (AvgIpc) is 2.67. The third kappa shape index (κ3) is 3.21. The van der Waals surface area contributed by atoms with Gasteiger partial charge in [0.15, 0.2) is 0 Å². The Morgan fingerprint density at radius 2 is 1.83 bits per heavy atom. The molecule has 0 aliphatic carbocycles. The molecule has 0 radical (unpaired) electrons. The second-order valence-corrected chi connectivity index (χ2v) is 4.33. The van der Waals surface area contributed by atoms with Crippen LogP contribution in [-0.4, -0.2) is 41.7 Å². The molecule has 1 aromatic heterocycles. The first-order valence-electron chi connectivity index (χ1n) is 6.65. The summed E-state index contributed by atoms with van der Waals surface area (Å²) in [5, 5.41) is 2.95. The van der Waals surface area contributed by atoms with Crippen molar-refractivity contribution < 1.29 is 4.74 Å². The molecular weight excluding hydrogens is 230 g/mol. The summed E-state index contributed by atoms with van der Waals surface area (Å²) < 4.78 is 5.38. The maximum atomic E-state index is 5.38. The van der Waals surface area contributed by atoms with Crippen LogP contribution in [0.2, 0.25) is 0 Å². The van der Waals surface area contributed by atoms with Crippen LogP contribution in [0.5, 0.6) is 6.01 Å². The van der Waals surface area contributed by atoms with Crippen molar-refractivity contribution in [2.24, 2.45) is 0 Å². The fourth-order valence-corrected chi connectivity index (χ4v) is 2.06. The van der Waals surface area contributed by atoms with Gasteiger partial charge < -0.3 is 15.0 Å². The minimum absolute atomic E-state index is 0.399. The normalized spacial score (nSPS) is 16.2. The summed E-state index contributed by atoms with van der Waals surface area (Å²) in [5.74, 6) is 1.28. The Kier molecular flexibility index (Phi) is 4.55. The monoisotopic (exact) mass is 251 g/mol. The standard InChI is InChI=1S/C12H21N5O/c1-3-18-12-15-10(13-2)14-11(16-12)17-8-6-4-5-7-9-17/h3-9H2,1-2H3,(H,13,14,15,16). The molecule has 0 spiro atoms. The average molecular weight is 251 g/mol. The SMILES string of the molecule is CCOc1nc(NC)nc(N2CCCCCC2)n1. The summed E-state index contributed by atoms with van der Waals surface area (Å²) in [5.41, 5.74) is 0. The number of nitrogens with zero attached hydrogens (tertiary/aromatic N) is 4. The lowest BCUT2D eigenvalue weighted by atomic mass is 10.2. The molecule has 0 saturated carbocycles. The highest BCUT2D eigenvalue weighted by Crippen LogP contribution is 2.18. The molecule has 6 nitrogen and oxygen atoms in total. The summed E-state index contributed by atoms with van der Waals surface area (Å²) in [6.45, 7) is 4.51. The number of hydrogen-bond donors (Lipinski definition) is 1. The molecule has 1 aliphatic heterocycles. The maximum absolute atomic E-state index is 5.38. The predicted molar refractivity (Wildman–Crippen MR) is 71.2 cm³/mol. The third-order valence-corrected chi connectivity index (χ3v) is 2.99. The fourth-order valence-electron chi connectivity index (χ4n) is 2.06. The highest BCUT2D eigenvalue weighted by Gasteiger charge is 2.15. The van der Waals surface area contributed by atoms with Crippen LogP contribution in [-0.2, 0) is 0 Å². The van der Waals surface area contributed by atoms with E-state index in [1.807, 2.05) is 6.92 Å². The molecule has 1 fully saturated rings. The molecule has 100 valence electrons. The van der Waals surface area contributed by atoms with Gasteiger partial charge in [-0.05, 0) is 19.8 Å². The Morgan fingerprint density at radius 1 is 1.11 bits per heavy atom. The van der Waals surface area contributed by atoms with E-state index in [2.05, 4.69) is 25.2 Å². The van der Waals surface area contributed by atoms with E-state index in [1.165, 1.54) is 25.7 Å². The molecule has 18 heavy (non-hydrogen) atoms. The van der Waals surface area contributed by atoms with Gasteiger partial charge in [0.2, 0.25) is 11.9 Å². The lowest BCUT2D eigenvalue weighted by Crippen LogP contribution is -2.26. The quantitative estimate of drug-likeness (QED) is 0.878. The zero-order chi connectivity index (χ0) is 12.8. The van der Waals surface area contributed by atoms with Crippen LogP contribution in [0.3, 0.4) is 0 Å². The maximum Gasteiger partial charge on any atom is 0.323 e. The van der Waals surface area contributed by atoms with Crippen molar-refractivity contribution in [2.75, 3.05) is 37.0 Å². The number of aromatic nitrogens is 3. The second-order valence-electron chi connectivity index (χ2n) is 4.33. The van der Waals surface area contributed by atoms with Gasteiger partial charge in [-0.15, -0.1) is 0 Å². The fraction of sp³-hybridized carbons (Fsp3) is 0.750. The summed E-state index contributed by atoms with van der Waals surface area (Å²) in [7, 11) is 1.80. The van der Waals surface area contributed by atoms with Crippen molar-refractivity contribution in [3.63, 3.8) is 0 Å². The van der Waals surface area contributed by atoms with Crippen molar-refractivity contribution in [1.29, 1.82) is 0 Å². The van der Waals surface area contributed by atoms with Gasteiger partial charge in [-0.2, -0.15) is 15.0 Å². The van der Waals surface area contributed by atoms with Crippen LogP contribution in [0.25, 0.3) is 0 Å². The molecule has 0 aromatic carbocycles. The van der Waals surface area contributed by atoms with E-state index in [0.29, 0.717) is 18.6 Å². The number of nitrogens with one attached hydrogen (secondary N) is 1.